The highest BCUT2D eigenvalue weighted by Gasteiger charge is 2.63. The molecule has 3 aromatic carbocycles. The summed E-state index contributed by atoms with van der Waals surface area (Å²) < 4.78 is 11.1. The van der Waals surface area contributed by atoms with E-state index in [1.54, 1.807) is 19.1 Å². The fourth-order valence-electron chi connectivity index (χ4n) is 7.97. The Morgan fingerprint density at radius 3 is 2.13 bits per heavy atom. The third kappa shape index (κ3) is 4.84. The molecule has 4 heterocycles. The van der Waals surface area contributed by atoms with Gasteiger partial charge in [-0.1, -0.05) is 54.6 Å². The SMILES string of the molecule is COc1ccccc1/C=C1\CN(C(=O)C[C@H]2C[C@H]3CCCN3[C@]23C(=O)Nc2ccccc23)C/C(=C\c2ccccc2OC)C1=O. The van der Waals surface area contributed by atoms with Crippen LogP contribution in [-0.4, -0.2) is 67.3 Å². The minimum atomic E-state index is -0.856. The Labute approximate surface area is 263 Å². The Morgan fingerprint density at radius 1 is 0.889 bits per heavy atom. The number of carbonyl (C=O) groups excluding carboxylic acids is 3. The van der Waals surface area contributed by atoms with Crippen LogP contribution in [0.2, 0.25) is 0 Å². The van der Waals surface area contributed by atoms with Crippen LogP contribution in [0, 0.1) is 5.92 Å². The molecule has 1 spiro atoms. The number of benzene rings is 3. The number of likely N-dealkylation sites (tertiary alicyclic amines) is 1. The number of Topliss-reactive ketones (excluding diaryl/α,β-unsaturated/α-hetero) is 1. The second-order valence-corrected chi connectivity index (χ2v) is 12.3. The predicted molar refractivity (Wildman–Crippen MR) is 173 cm³/mol. The molecule has 4 aliphatic heterocycles. The van der Waals surface area contributed by atoms with E-state index in [0.717, 1.165) is 48.2 Å². The lowest BCUT2D eigenvalue weighted by atomic mass is 9.76. The highest BCUT2D eigenvalue weighted by molar-refractivity contribution is 6.15. The number of amides is 2. The van der Waals surface area contributed by atoms with Crippen LogP contribution < -0.4 is 14.8 Å². The van der Waals surface area contributed by atoms with E-state index in [4.69, 9.17) is 9.47 Å². The molecule has 4 aliphatic rings. The highest BCUT2D eigenvalue weighted by atomic mass is 16.5. The molecule has 0 saturated carbocycles. The molecule has 230 valence electrons. The minimum absolute atomic E-state index is 0.0340. The van der Waals surface area contributed by atoms with Crippen molar-refractivity contribution in [1.82, 2.24) is 9.80 Å². The minimum Gasteiger partial charge on any atom is -0.496 e. The number of methoxy groups -OCH3 is 2. The van der Waals surface area contributed by atoms with Crippen molar-refractivity contribution in [2.45, 2.75) is 37.3 Å². The molecule has 3 saturated heterocycles. The van der Waals surface area contributed by atoms with E-state index in [0.29, 0.717) is 22.6 Å². The molecule has 7 rings (SSSR count). The molecular formula is C37H37N3O5. The van der Waals surface area contributed by atoms with Crippen molar-refractivity contribution in [1.29, 1.82) is 0 Å². The summed E-state index contributed by atoms with van der Waals surface area (Å²) in [6.45, 7) is 1.19. The second-order valence-electron chi connectivity index (χ2n) is 12.3. The molecule has 3 atom stereocenters. The topological polar surface area (TPSA) is 88.2 Å². The van der Waals surface area contributed by atoms with Crippen molar-refractivity contribution in [3.63, 3.8) is 0 Å². The Kier molecular flexibility index (Phi) is 7.53. The number of anilines is 1. The van der Waals surface area contributed by atoms with Gasteiger partial charge in [-0.05, 0) is 56.2 Å². The van der Waals surface area contributed by atoms with Gasteiger partial charge in [0.1, 0.15) is 17.0 Å². The molecule has 3 fully saturated rings. The summed E-state index contributed by atoms with van der Waals surface area (Å²) in [5.74, 6) is 0.903. The predicted octanol–water partition coefficient (Wildman–Crippen LogP) is 5.30. The normalized spacial score (nSPS) is 26.0. The maximum absolute atomic E-state index is 14.3. The number of rotatable bonds is 6. The van der Waals surface area contributed by atoms with Crippen LogP contribution in [0.25, 0.3) is 12.2 Å². The number of ether oxygens (including phenoxy) is 2. The molecule has 1 N–H and O–H groups in total. The van der Waals surface area contributed by atoms with Crippen molar-refractivity contribution in [3.8, 4) is 11.5 Å². The number of carbonyl (C=O) groups is 3. The van der Waals surface area contributed by atoms with Crippen LogP contribution in [0.15, 0.2) is 83.9 Å². The third-order valence-corrected chi connectivity index (χ3v) is 9.93. The second kappa shape index (κ2) is 11.7. The standard InChI is InChI=1S/C37H37N3O5/c1-44-32-15-7-3-10-24(32)18-26-22-39(23-27(35(26)42)19-25-11-4-8-16-33(25)45-2)34(41)21-28-20-29-12-9-17-40(29)37(28)30-13-5-6-14-31(30)38-36(37)43/h3-8,10-11,13-16,18-19,28-29H,9,12,17,20-23H2,1-2H3,(H,38,43)/b26-18+,27-19+/t28-,29-,37-/m1/s1. The maximum Gasteiger partial charge on any atom is 0.249 e. The quantitative estimate of drug-likeness (QED) is 0.385. The van der Waals surface area contributed by atoms with Gasteiger partial charge in [-0.25, -0.2) is 0 Å². The fraction of sp³-hybridized carbons (Fsp3) is 0.324. The van der Waals surface area contributed by atoms with Gasteiger partial charge in [0.2, 0.25) is 11.8 Å². The lowest BCUT2D eigenvalue weighted by Gasteiger charge is -2.38. The lowest BCUT2D eigenvalue weighted by molar-refractivity contribution is -0.135. The van der Waals surface area contributed by atoms with E-state index in [-0.39, 0.29) is 49.1 Å². The number of nitrogens with one attached hydrogen (secondary N) is 1. The first kappa shape index (κ1) is 29.0. The lowest BCUT2D eigenvalue weighted by Crippen LogP contribution is -2.52. The van der Waals surface area contributed by atoms with Gasteiger partial charge in [0, 0.05) is 65.0 Å². The summed E-state index contributed by atoms with van der Waals surface area (Å²) >= 11 is 0. The average molecular weight is 604 g/mol. The average Bonchev–Trinajstić information content (AvgIpc) is 3.72. The fourth-order valence-corrected chi connectivity index (χ4v) is 7.97. The molecule has 0 bridgehead atoms. The molecule has 45 heavy (non-hydrogen) atoms. The van der Waals surface area contributed by atoms with Crippen LogP contribution in [0.1, 0.15) is 42.4 Å². The van der Waals surface area contributed by atoms with E-state index in [9.17, 15) is 14.4 Å². The van der Waals surface area contributed by atoms with E-state index in [1.165, 1.54) is 0 Å². The number of fused-ring (bicyclic) bond motifs is 4. The zero-order valence-electron chi connectivity index (χ0n) is 25.6. The highest BCUT2D eigenvalue weighted by Crippen LogP contribution is 2.56. The number of piperidine rings is 1. The van der Waals surface area contributed by atoms with E-state index < -0.39 is 5.54 Å². The van der Waals surface area contributed by atoms with Gasteiger partial charge >= 0.3 is 0 Å². The molecule has 8 nitrogen and oxygen atoms in total. The first-order valence-electron chi connectivity index (χ1n) is 15.6. The zero-order valence-corrected chi connectivity index (χ0v) is 25.6. The summed E-state index contributed by atoms with van der Waals surface area (Å²) in [6, 6.07) is 23.2. The summed E-state index contributed by atoms with van der Waals surface area (Å²) in [5.41, 5.74) is 3.50. The van der Waals surface area contributed by atoms with Gasteiger partial charge in [0.05, 0.1) is 14.2 Å². The molecule has 0 aliphatic carbocycles. The molecular weight excluding hydrogens is 566 g/mol. The molecule has 0 unspecified atom stereocenters. The zero-order chi connectivity index (χ0) is 31.1. The van der Waals surface area contributed by atoms with Gasteiger partial charge in [-0.3, -0.25) is 19.3 Å². The number of hydrogen-bond donors (Lipinski definition) is 1. The van der Waals surface area contributed by atoms with Crippen LogP contribution in [-0.2, 0) is 19.9 Å². The Morgan fingerprint density at radius 2 is 1.49 bits per heavy atom. The van der Waals surface area contributed by atoms with Crippen molar-refractivity contribution in [2.75, 3.05) is 39.2 Å². The smallest absolute Gasteiger partial charge is 0.249 e. The summed E-state index contributed by atoms with van der Waals surface area (Å²) in [5, 5.41) is 3.13. The summed E-state index contributed by atoms with van der Waals surface area (Å²) in [4.78, 5) is 46.3. The third-order valence-electron chi connectivity index (χ3n) is 9.93. The van der Waals surface area contributed by atoms with E-state index >= 15 is 0 Å². The maximum atomic E-state index is 14.3. The Bertz CT molecular complexity index is 1680. The first-order valence-corrected chi connectivity index (χ1v) is 15.6. The van der Waals surface area contributed by atoms with Gasteiger partial charge in [-0.2, -0.15) is 0 Å². The van der Waals surface area contributed by atoms with Gasteiger partial charge < -0.3 is 19.7 Å². The number of ketones is 1. The van der Waals surface area contributed by atoms with E-state index in [1.807, 2.05) is 84.9 Å². The van der Waals surface area contributed by atoms with Crippen LogP contribution >= 0.6 is 0 Å². The molecule has 2 amide bonds. The molecule has 3 aromatic rings. The van der Waals surface area contributed by atoms with Crippen molar-refractivity contribution >= 4 is 35.4 Å². The van der Waals surface area contributed by atoms with Gasteiger partial charge in [-0.15, -0.1) is 0 Å². The van der Waals surface area contributed by atoms with Crippen LogP contribution in [0.3, 0.4) is 0 Å². The molecule has 8 heteroatoms. The van der Waals surface area contributed by atoms with E-state index in [2.05, 4.69) is 10.2 Å². The van der Waals surface area contributed by atoms with Crippen molar-refractivity contribution in [2.24, 2.45) is 5.92 Å². The first-order chi connectivity index (χ1) is 21.9. The number of para-hydroxylation sites is 3. The van der Waals surface area contributed by atoms with Gasteiger partial charge in [0.15, 0.2) is 5.78 Å². The molecule has 0 radical (unpaired) electrons. The Hall–Kier alpha value is -4.69. The molecule has 0 aromatic heterocycles. The van der Waals surface area contributed by atoms with Crippen LogP contribution in [0.4, 0.5) is 5.69 Å². The van der Waals surface area contributed by atoms with Gasteiger partial charge in [0.25, 0.3) is 0 Å². The number of hydrogen-bond acceptors (Lipinski definition) is 6. The monoisotopic (exact) mass is 603 g/mol. The number of nitrogens with zero attached hydrogens (tertiary/aromatic N) is 2. The van der Waals surface area contributed by atoms with Crippen molar-refractivity contribution in [3.05, 3.63) is 101 Å². The summed E-state index contributed by atoms with van der Waals surface area (Å²) in [7, 11) is 3.20. The largest absolute Gasteiger partial charge is 0.496 e. The van der Waals surface area contributed by atoms with Crippen LogP contribution in [0.5, 0.6) is 11.5 Å². The Balaban J connectivity index is 1.25. The summed E-state index contributed by atoms with van der Waals surface area (Å²) in [6.07, 6.45) is 6.72. The van der Waals surface area contributed by atoms with Crippen molar-refractivity contribution < 1.29 is 23.9 Å².